The number of oxime groups is 1. The largest absolute Gasteiger partial charge is 0.411 e. The highest BCUT2D eigenvalue weighted by Gasteiger charge is 2.31. The number of para-hydroxylation sites is 1. The Morgan fingerprint density at radius 2 is 1.67 bits per heavy atom. The molecule has 0 aromatic heterocycles. The van der Waals surface area contributed by atoms with E-state index in [2.05, 4.69) is 5.16 Å². The Morgan fingerprint density at radius 1 is 1.00 bits per heavy atom. The maximum Gasteiger partial charge on any atom is 0.264 e. The zero-order chi connectivity index (χ0) is 14.9. The Kier molecular flexibility index (Phi) is 3.39. The average molecular weight is 302 g/mol. The van der Waals surface area contributed by atoms with E-state index in [0.29, 0.717) is 23.4 Å². The fraction of sp³-hybridized carbons (Fsp3) is 0.133. The first-order valence-corrected chi connectivity index (χ1v) is 7.97. The second-order valence-electron chi connectivity index (χ2n) is 4.70. The molecule has 0 saturated heterocycles. The Hall–Kier alpha value is -2.34. The van der Waals surface area contributed by atoms with Gasteiger partial charge in [-0.1, -0.05) is 41.6 Å². The van der Waals surface area contributed by atoms with Gasteiger partial charge in [-0.15, -0.1) is 0 Å². The Balaban J connectivity index is 2.13. The number of benzene rings is 2. The molecular weight excluding hydrogens is 288 g/mol. The summed E-state index contributed by atoms with van der Waals surface area (Å²) in [6, 6.07) is 15.4. The molecule has 21 heavy (non-hydrogen) atoms. The summed E-state index contributed by atoms with van der Waals surface area (Å²) < 4.78 is 26.9. The van der Waals surface area contributed by atoms with E-state index in [1.807, 2.05) is 0 Å². The summed E-state index contributed by atoms with van der Waals surface area (Å²) in [5.41, 5.74) is 1.69. The Labute approximate surface area is 123 Å². The Bertz CT molecular complexity index is 786. The van der Waals surface area contributed by atoms with E-state index in [-0.39, 0.29) is 11.4 Å². The van der Waals surface area contributed by atoms with Gasteiger partial charge in [0.05, 0.1) is 16.3 Å². The number of nitrogens with zero attached hydrogens (tertiary/aromatic N) is 2. The summed E-state index contributed by atoms with van der Waals surface area (Å²) in [4.78, 5) is 0.254. The molecule has 1 aliphatic rings. The number of hydrogen-bond acceptors (Lipinski definition) is 4. The third kappa shape index (κ3) is 2.27. The molecule has 0 bridgehead atoms. The maximum absolute atomic E-state index is 12.8. The first-order valence-electron chi connectivity index (χ1n) is 6.53. The summed E-state index contributed by atoms with van der Waals surface area (Å²) in [6.45, 7) is 0.258. The predicted molar refractivity (Wildman–Crippen MR) is 80.4 cm³/mol. The van der Waals surface area contributed by atoms with Crippen LogP contribution in [0.4, 0.5) is 5.69 Å². The van der Waals surface area contributed by atoms with Crippen LogP contribution in [0.25, 0.3) is 0 Å². The molecule has 1 N–H and O–H groups in total. The SMILES string of the molecule is O=S(=O)(c1ccccc1)N1CCC(=NO)c2ccccc21. The second kappa shape index (κ2) is 5.21. The lowest BCUT2D eigenvalue weighted by molar-refractivity contribution is 0.318. The van der Waals surface area contributed by atoms with E-state index in [4.69, 9.17) is 5.21 Å². The molecule has 0 fully saturated rings. The van der Waals surface area contributed by atoms with Crippen molar-refractivity contribution >= 4 is 21.4 Å². The minimum Gasteiger partial charge on any atom is -0.411 e. The van der Waals surface area contributed by atoms with Crippen LogP contribution in [-0.2, 0) is 10.0 Å². The highest BCUT2D eigenvalue weighted by atomic mass is 32.2. The predicted octanol–water partition coefficient (Wildman–Crippen LogP) is 2.46. The van der Waals surface area contributed by atoms with Gasteiger partial charge in [0.15, 0.2) is 0 Å². The average Bonchev–Trinajstić information content (AvgIpc) is 2.54. The molecule has 2 aromatic rings. The molecule has 3 rings (SSSR count). The molecule has 0 radical (unpaired) electrons. The fourth-order valence-corrected chi connectivity index (χ4v) is 3.98. The number of sulfonamides is 1. The van der Waals surface area contributed by atoms with Gasteiger partial charge in [-0.05, 0) is 18.2 Å². The molecule has 0 atom stereocenters. The summed E-state index contributed by atoms with van der Waals surface area (Å²) in [5.74, 6) is 0. The molecule has 0 amide bonds. The van der Waals surface area contributed by atoms with E-state index in [9.17, 15) is 8.42 Å². The van der Waals surface area contributed by atoms with Crippen LogP contribution in [0.1, 0.15) is 12.0 Å². The van der Waals surface area contributed by atoms with Crippen molar-refractivity contribution in [1.29, 1.82) is 0 Å². The van der Waals surface area contributed by atoms with Crippen molar-refractivity contribution in [3.8, 4) is 0 Å². The smallest absolute Gasteiger partial charge is 0.264 e. The van der Waals surface area contributed by atoms with Gasteiger partial charge in [-0.2, -0.15) is 0 Å². The minimum absolute atomic E-state index is 0.254. The molecule has 108 valence electrons. The third-order valence-corrected chi connectivity index (χ3v) is 5.31. The summed E-state index contributed by atoms with van der Waals surface area (Å²) in [5, 5.41) is 12.3. The van der Waals surface area contributed by atoms with Gasteiger partial charge in [-0.3, -0.25) is 4.31 Å². The number of anilines is 1. The highest BCUT2D eigenvalue weighted by molar-refractivity contribution is 7.92. The molecule has 0 unspecified atom stereocenters. The van der Waals surface area contributed by atoms with Crippen molar-refractivity contribution in [1.82, 2.24) is 0 Å². The highest BCUT2D eigenvalue weighted by Crippen LogP contribution is 2.31. The third-order valence-electron chi connectivity index (χ3n) is 3.49. The van der Waals surface area contributed by atoms with Crippen LogP contribution in [0.2, 0.25) is 0 Å². The molecular formula is C15H14N2O3S. The quantitative estimate of drug-likeness (QED) is 0.684. The first-order chi connectivity index (χ1) is 10.1. The van der Waals surface area contributed by atoms with E-state index < -0.39 is 10.0 Å². The van der Waals surface area contributed by atoms with Gasteiger partial charge in [-0.25, -0.2) is 8.42 Å². The van der Waals surface area contributed by atoms with Crippen molar-refractivity contribution in [3.05, 3.63) is 60.2 Å². The van der Waals surface area contributed by atoms with Crippen LogP contribution in [0.15, 0.2) is 64.6 Å². The van der Waals surface area contributed by atoms with E-state index >= 15 is 0 Å². The molecule has 6 heteroatoms. The van der Waals surface area contributed by atoms with Crippen molar-refractivity contribution in [2.45, 2.75) is 11.3 Å². The van der Waals surface area contributed by atoms with Gasteiger partial charge in [0, 0.05) is 18.5 Å². The lowest BCUT2D eigenvalue weighted by Gasteiger charge is -2.30. The number of hydrogen-bond donors (Lipinski definition) is 1. The standard InChI is InChI=1S/C15H14N2O3S/c18-16-14-10-11-17(15-9-5-4-8-13(14)15)21(19,20)12-6-2-1-3-7-12/h1-9,18H,10-11H2. The summed E-state index contributed by atoms with van der Waals surface area (Å²) in [7, 11) is -3.61. The van der Waals surface area contributed by atoms with Gasteiger partial charge in [0.2, 0.25) is 0 Å². The van der Waals surface area contributed by atoms with Crippen molar-refractivity contribution in [2.24, 2.45) is 5.16 Å². The van der Waals surface area contributed by atoms with E-state index in [0.717, 1.165) is 0 Å². The van der Waals surface area contributed by atoms with Crippen molar-refractivity contribution in [3.63, 3.8) is 0 Å². The van der Waals surface area contributed by atoms with E-state index in [1.165, 1.54) is 4.31 Å². The van der Waals surface area contributed by atoms with Crippen LogP contribution in [0, 0.1) is 0 Å². The zero-order valence-corrected chi connectivity index (χ0v) is 12.0. The van der Waals surface area contributed by atoms with Crippen LogP contribution >= 0.6 is 0 Å². The Morgan fingerprint density at radius 3 is 2.38 bits per heavy atom. The topological polar surface area (TPSA) is 70.0 Å². The summed E-state index contributed by atoms with van der Waals surface area (Å²) in [6.07, 6.45) is 0.375. The lowest BCUT2D eigenvalue weighted by atomic mass is 10.0. The van der Waals surface area contributed by atoms with Crippen LogP contribution in [0.3, 0.4) is 0 Å². The maximum atomic E-state index is 12.8. The van der Waals surface area contributed by atoms with Gasteiger partial charge in [0.25, 0.3) is 10.0 Å². The van der Waals surface area contributed by atoms with Gasteiger partial charge in [0.1, 0.15) is 0 Å². The van der Waals surface area contributed by atoms with Gasteiger partial charge >= 0.3 is 0 Å². The second-order valence-corrected chi connectivity index (χ2v) is 6.57. The summed E-state index contributed by atoms with van der Waals surface area (Å²) >= 11 is 0. The zero-order valence-electron chi connectivity index (χ0n) is 11.2. The first kappa shape index (κ1) is 13.6. The molecule has 1 aliphatic heterocycles. The monoisotopic (exact) mass is 302 g/mol. The van der Waals surface area contributed by atoms with Crippen molar-refractivity contribution < 1.29 is 13.6 Å². The van der Waals surface area contributed by atoms with E-state index in [1.54, 1.807) is 54.6 Å². The molecule has 0 saturated carbocycles. The lowest BCUT2D eigenvalue weighted by Crippen LogP contribution is -2.37. The molecule has 0 aliphatic carbocycles. The van der Waals surface area contributed by atoms with Crippen LogP contribution < -0.4 is 4.31 Å². The molecule has 0 spiro atoms. The fourth-order valence-electron chi connectivity index (χ4n) is 2.47. The molecule has 1 heterocycles. The number of rotatable bonds is 2. The molecule has 5 nitrogen and oxygen atoms in total. The molecule has 2 aromatic carbocycles. The van der Waals surface area contributed by atoms with Crippen LogP contribution in [-0.4, -0.2) is 25.9 Å². The normalized spacial score (nSPS) is 16.8. The number of fused-ring (bicyclic) bond motifs is 1. The van der Waals surface area contributed by atoms with Gasteiger partial charge < -0.3 is 5.21 Å². The van der Waals surface area contributed by atoms with Crippen molar-refractivity contribution in [2.75, 3.05) is 10.8 Å². The minimum atomic E-state index is -3.61. The van der Waals surface area contributed by atoms with Crippen LogP contribution in [0.5, 0.6) is 0 Å².